The fraction of sp³-hybridized carbons (Fsp3) is 0.692. The lowest BCUT2D eigenvalue weighted by Crippen LogP contribution is -2.08. The number of rotatable bonds is 0. The molecule has 74 valence electrons. The van der Waals surface area contributed by atoms with E-state index < -0.39 is 0 Å². The van der Waals surface area contributed by atoms with Crippen LogP contribution in [0, 0.1) is 5.41 Å². The summed E-state index contributed by atoms with van der Waals surface area (Å²) in [6.45, 7) is 9.10. The van der Waals surface area contributed by atoms with Gasteiger partial charge in [0.15, 0.2) is 0 Å². The van der Waals surface area contributed by atoms with E-state index in [1.807, 2.05) is 0 Å². The molecule has 0 aromatic heterocycles. The second-order valence-electron chi connectivity index (χ2n) is 4.79. The first-order valence-corrected chi connectivity index (χ1v) is 5.40. The van der Waals surface area contributed by atoms with Crippen LogP contribution in [0.4, 0.5) is 0 Å². The number of hydrogen-bond acceptors (Lipinski definition) is 0. The zero-order chi connectivity index (χ0) is 9.90. The minimum absolute atomic E-state index is 0.541. The van der Waals surface area contributed by atoms with E-state index in [2.05, 4.69) is 39.8 Å². The number of hydrogen-bond donors (Lipinski definition) is 0. The Morgan fingerprint density at radius 2 is 1.31 bits per heavy atom. The van der Waals surface area contributed by atoms with Gasteiger partial charge < -0.3 is 0 Å². The molecule has 0 unspecified atom stereocenters. The van der Waals surface area contributed by atoms with Crippen LogP contribution in [-0.4, -0.2) is 0 Å². The van der Waals surface area contributed by atoms with Crippen LogP contribution in [-0.2, 0) is 0 Å². The van der Waals surface area contributed by atoms with Crippen LogP contribution >= 0.6 is 0 Å². The lowest BCUT2D eigenvalue weighted by molar-refractivity contribution is 0.320. The van der Waals surface area contributed by atoms with Crippen molar-refractivity contribution in [1.29, 1.82) is 0 Å². The van der Waals surface area contributed by atoms with Gasteiger partial charge in [0, 0.05) is 0 Å². The Labute approximate surface area is 82.7 Å². The molecule has 0 heterocycles. The van der Waals surface area contributed by atoms with E-state index in [-0.39, 0.29) is 0 Å². The summed E-state index contributed by atoms with van der Waals surface area (Å²) in [4.78, 5) is 0. The summed E-state index contributed by atoms with van der Waals surface area (Å²) in [5, 5.41) is 0. The predicted molar refractivity (Wildman–Crippen MR) is 59.8 cm³/mol. The SMILES string of the molecule is CC=C1CCC(C)(C)CCC1=CC. The minimum Gasteiger partial charge on any atom is -0.0842 e. The van der Waals surface area contributed by atoms with Gasteiger partial charge in [0.2, 0.25) is 0 Å². The zero-order valence-corrected chi connectivity index (χ0v) is 9.48. The first kappa shape index (κ1) is 10.6. The van der Waals surface area contributed by atoms with Crippen molar-refractivity contribution in [2.75, 3.05) is 0 Å². The van der Waals surface area contributed by atoms with Gasteiger partial charge in [0.05, 0.1) is 0 Å². The maximum atomic E-state index is 2.39. The Hall–Kier alpha value is -0.520. The van der Waals surface area contributed by atoms with Gasteiger partial charge in [-0.05, 0) is 56.1 Å². The molecule has 0 saturated heterocycles. The Kier molecular flexibility index (Phi) is 3.35. The van der Waals surface area contributed by atoms with Crippen molar-refractivity contribution in [3.8, 4) is 0 Å². The molecule has 0 heteroatoms. The molecule has 0 nitrogen and oxygen atoms in total. The summed E-state index contributed by atoms with van der Waals surface area (Å²) in [5.41, 5.74) is 3.69. The Morgan fingerprint density at radius 3 is 1.62 bits per heavy atom. The van der Waals surface area contributed by atoms with Crippen LogP contribution in [0.5, 0.6) is 0 Å². The minimum atomic E-state index is 0.541. The molecule has 1 rings (SSSR count). The van der Waals surface area contributed by atoms with Crippen molar-refractivity contribution in [2.24, 2.45) is 5.41 Å². The molecular weight excluding hydrogens is 156 g/mol. The smallest absolute Gasteiger partial charge is 0.0274 e. The highest BCUT2D eigenvalue weighted by molar-refractivity contribution is 5.31. The van der Waals surface area contributed by atoms with Gasteiger partial charge in [0.25, 0.3) is 0 Å². The van der Waals surface area contributed by atoms with Crippen molar-refractivity contribution in [1.82, 2.24) is 0 Å². The van der Waals surface area contributed by atoms with E-state index in [1.165, 1.54) is 25.7 Å². The van der Waals surface area contributed by atoms with E-state index in [1.54, 1.807) is 11.1 Å². The topological polar surface area (TPSA) is 0 Å². The van der Waals surface area contributed by atoms with Crippen LogP contribution in [0.3, 0.4) is 0 Å². The van der Waals surface area contributed by atoms with E-state index in [9.17, 15) is 0 Å². The van der Waals surface area contributed by atoms with E-state index >= 15 is 0 Å². The zero-order valence-electron chi connectivity index (χ0n) is 9.48. The van der Waals surface area contributed by atoms with Gasteiger partial charge in [-0.1, -0.05) is 26.0 Å². The molecular formula is C13H22. The Morgan fingerprint density at radius 1 is 0.923 bits per heavy atom. The summed E-state index contributed by atoms with van der Waals surface area (Å²) < 4.78 is 0. The fourth-order valence-corrected chi connectivity index (χ4v) is 2.05. The van der Waals surface area contributed by atoms with Gasteiger partial charge in [-0.2, -0.15) is 0 Å². The summed E-state index contributed by atoms with van der Waals surface area (Å²) >= 11 is 0. The standard InChI is InChI=1S/C13H22/c1-5-11-7-9-13(3,4)10-8-12(11)6-2/h5-6H,7-10H2,1-4H3. The first-order valence-electron chi connectivity index (χ1n) is 5.40. The van der Waals surface area contributed by atoms with Crippen LogP contribution in [0.15, 0.2) is 23.3 Å². The average Bonchev–Trinajstić information content (AvgIpc) is 2.23. The molecule has 1 saturated carbocycles. The maximum Gasteiger partial charge on any atom is -0.0274 e. The normalized spacial score (nSPS) is 29.2. The van der Waals surface area contributed by atoms with Crippen molar-refractivity contribution in [3.63, 3.8) is 0 Å². The van der Waals surface area contributed by atoms with E-state index in [0.29, 0.717) is 5.41 Å². The molecule has 1 aliphatic rings. The molecule has 0 bridgehead atoms. The lowest BCUT2D eigenvalue weighted by Gasteiger charge is -2.20. The second-order valence-corrected chi connectivity index (χ2v) is 4.79. The molecule has 0 N–H and O–H groups in total. The third-order valence-electron chi connectivity index (χ3n) is 3.25. The average molecular weight is 178 g/mol. The first-order chi connectivity index (χ1) is 6.09. The van der Waals surface area contributed by atoms with Crippen molar-refractivity contribution < 1.29 is 0 Å². The Bertz CT molecular complexity index is 204. The Balaban J connectivity index is 2.81. The summed E-state index contributed by atoms with van der Waals surface area (Å²) in [6, 6.07) is 0. The molecule has 0 aliphatic heterocycles. The van der Waals surface area contributed by atoms with Gasteiger partial charge in [0.1, 0.15) is 0 Å². The van der Waals surface area contributed by atoms with Gasteiger partial charge in [-0.3, -0.25) is 0 Å². The summed E-state index contributed by atoms with van der Waals surface area (Å²) in [5.74, 6) is 0. The van der Waals surface area contributed by atoms with Crippen LogP contribution in [0.25, 0.3) is 0 Å². The third kappa shape index (κ3) is 2.72. The molecule has 1 fully saturated rings. The molecule has 1 aliphatic carbocycles. The quantitative estimate of drug-likeness (QED) is 0.480. The van der Waals surface area contributed by atoms with Crippen molar-refractivity contribution in [3.05, 3.63) is 23.3 Å². The maximum absolute atomic E-state index is 2.39. The molecule has 0 atom stereocenters. The van der Waals surface area contributed by atoms with Crippen LogP contribution in [0.1, 0.15) is 53.4 Å². The molecule has 0 aromatic rings. The number of allylic oxidation sites excluding steroid dienone is 4. The summed E-state index contributed by atoms with van der Waals surface area (Å²) in [7, 11) is 0. The van der Waals surface area contributed by atoms with Gasteiger partial charge >= 0.3 is 0 Å². The third-order valence-corrected chi connectivity index (χ3v) is 3.25. The monoisotopic (exact) mass is 178 g/mol. The summed E-state index contributed by atoms with van der Waals surface area (Å²) in [6.07, 6.45) is 9.79. The van der Waals surface area contributed by atoms with Gasteiger partial charge in [-0.25, -0.2) is 0 Å². The van der Waals surface area contributed by atoms with Crippen LogP contribution < -0.4 is 0 Å². The predicted octanol–water partition coefficient (Wildman–Crippen LogP) is 4.48. The van der Waals surface area contributed by atoms with Gasteiger partial charge in [-0.15, -0.1) is 0 Å². The van der Waals surface area contributed by atoms with Crippen molar-refractivity contribution in [2.45, 2.75) is 53.4 Å². The highest BCUT2D eigenvalue weighted by Gasteiger charge is 2.22. The largest absolute Gasteiger partial charge is 0.0842 e. The highest BCUT2D eigenvalue weighted by atomic mass is 14.3. The lowest BCUT2D eigenvalue weighted by atomic mass is 9.85. The molecule has 0 aromatic carbocycles. The highest BCUT2D eigenvalue weighted by Crippen LogP contribution is 2.38. The van der Waals surface area contributed by atoms with Crippen molar-refractivity contribution >= 4 is 0 Å². The van der Waals surface area contributed by atoms with E-state index in [0.717, 1.165) is 0 Å². The van der Waals surface area contributed by atoms with Crippen LogP contribution in [0.2, 0.25) is 0 Å². The molecule has 0 amide bonds. The fourth-order valence-electron chi connectivity index (χ4n) is 2.05. The molecule has 0 radical (unpaired) electrons. The molecule has 13 heavy (non-hydrogen) atoms. The van der Waals surface area contributed by atoms with E-state index in [4.69, 9.17) is 0 Å². The second kappa shape index (κ2) is 4.13. The molecule has 0 spiro atoms.